The molecule has 3 atom stereocenters. The van der Waals surface area contributed by atoms with E-state index in [0.29, 0.717) is 30.9 Å². The van der Waals surface area contributed by atoms with E-state index >= 15 is 4.39 Å². The molecule has 1 unspecified atom stereocenters. The Morgan fingerprint density at radius 2 is 2.08 bits per heavy atom. The largest absolute Gasteiger partial charge is 0.465 e. The van der Waals surface area contributed by atoms with Gasteiger partial charge >= 0.3 is 12.1 Å². The number of halogens is 3. The number of fused-ring (bicyclic) bond motifs is 1. The first-order chi connectivity index (χ1) is 17.2. The van der Waals surface area contributed by atoms with Crippen molar-refractivity contribution in [3.05, 3.63) is 21.4 Å². The Bertz CT molecular complexity index is 1200. The average molecular weight is 603 g/mol. The molecule has 2 fully saturated rings. The molecule has 1 amide bonds. The second-order valence-electron chi connectivity index (χ2n) is 11.2. The molecular weight excluding hydrogens is 569 g/mol. The van der Waals surface area contributed by atoms with E-state index in [4.69, 9.17) is 26.1 Å². The molecule has 204 valence electrons. The van der Waals surface area contributed by atoms with Gasteiger partial charge in [0.15, 0.2) is 5.82 Å². The van der Waals surface area contributed by atoms with Crippen molar-refractivity contribution < 1.29 is 23.8 Å². The van der Waals surface area contributed by atoms with E-state index in [2.05, 4.69) is 25.8 Å². The van der Waals surface area contributed by atoms with Crippen LogP contribution in [-0.2, 0) is 4.74 Å². The minimum Gasteiger partial charge on any atom is -0.465 e. The van der Waals surface area contributed by atoms with E-state index in [1.165, 1.54) is 4.90 Å². The SMILES string of the molecule is C[C@H]1CN(C(=O)O)[C@](C)(C(C)(C)C)CN1c1nc(OCC2CN(C)CCO2)nc2c(F)c(Br)c(Cl)cc12. The number of carboxylic acid groups (broad SMARTS) is 1. The number of hydrogen-bond acceptors (Lipinski definition) is 7. The summed E-state index contributed by atoms with van der Waals surface area (Å²) in [6.45, 7) is 12.8. The van der Waals surface area contributed by atoms with Crippen LogP contribution < -0.4 is 9.64 Å². The van der Waals surface area contributed by atoms with E-state index in [0.717, 1.165) is 6.54 Å². The molecule has 9 nitrogen and oxygen atoms in total. The van der Waals surface area contributed by atoms with Crippen LogP contribution >= 0.6 is 27.5 Å². The molecule has 1 aromatic heterocycles. The first-order valence-corrected chi connectivity index (χ1v) is 13.5. The highest BCUT2D eigenvalue weighted by atomic mass is 79.9. The lowest BCUT2D eigenvalue weighted by Gasteiger charge is -2.56. The molecule has 3 heterocycles. The highest BCUT2D eigenvalue weighted by Gasteiger charge is 2.51. The fourth-order valence-electron chi connectivity index (χ4n) is 4.91. The number of likely N-dealkylation sites (N-methyl/N-ethyl adjacent to an activating group) is 1. The lowest BCUT2D eigenvalue weighted by molar-refractivity contribution is -0.0416. The predicted octanol–water partition coefficient (Wildman–Crippen LogP) is 4.89. The van der Waals surface area contributed by atoms with Crippen LogP contribution in [-0.4, -0.2) is 95.1 Å². The molecule has 12 heteroatoms. The van der Waals surface area contributed by atoms with Crippen molar-refractivity contribution >= 4 is 50.3 Å². The highest BCUT2D eigenvalue weighted by molar-refractivity contribution is 9.10. The zero-order valence-corrected chi connectivity index (χ0v) is 24.4. The molecule has 2 aliphatic rings. The maximum absolute atomic E-state index is 15.4. The molecule has 2 aliphatic heterocycles. The first kappa shape index (κ1) is 28.1. The highest BCUT2D eigenvalue weighted by Crippen LogP contribution is 2.43. The smallest absolute Gasteiger partial charge is 0.407 e. The van der Waals surface area contributed by atoms with Crippen LogP contribution in [0.4, 0.5) is 15.0 Å². The Hall–Kier alpha value is -1.95. The first-order valence-electron chi connectivity index (χ1n) is 12.3. The van der Waals surface area contributed by atoms with Crippen LogP contribution in [0.2, 0.25) is 5.02 Å². The van der Waals surface area contributed by atoms with Crippen molar-refractivity contribution in [2.24, 2.45) is 5.41 Å². The molecule has 0 radical (unpaired) electrons. The predicted molar refractivity (Wildman–Crippen MR) is 144 cm³/mol. The van der Waals surface area contributed by atoms with Gasteiger partial charge in [0, 0.05) is 37.6 Å². The quantitative estimate of drug-likeness (QED) is 0.495. The number of piperazine rings is 1. The van der Waals surface area contributed by atoms with E-state index in [1.807, 2.05) is 46.6 Å². The van der Waals surface area contributed by atoms with E-state index in [1.54, 1.807) is 6.07 Å². The minimum absolute atomic E-state index is 0.0257. The molecule has 0 bridgehead atoms. The van der Waals surface area contributed by atoms with Crippen LogP contribution in [0.25, 0.3) is 10.9 Å². The van der Waals surface area contributed by atoms with Crippen molar-refractivity contribution in [3.63, 3.8) is 0 Å². The zero-order valence-electron chi connectivity index (χ0n) is 22.0. The van der Waals surface area contributed by atoms with Crippen molar-refractivity contribution in [3.8, 4) is 6.01 Å². The third-order valence-corrected chi connectivity index (χ3v) is 9.00. The molecule has 0 spiro atoms. The van der Waals surface area contributed by atoms with Gasteiger partial charge in [0.2, 0.25) is 0 Å². The van der Waals surface area contributed by atoms with Crippen LogP contribution in [0.5, 0.6) is 6.01 Å². The number of morpholine rings is 1. The number of rotatable bonds is 4. The van der Waals surface area contributed by atoms with Gasteiger partial charge in [0.1, 0.15) is 24.0 Å². The van der Waals surface area contributed by atoms with Gasteiger partial charge in [-0.25, -0.2) is 9.18 Å². The Morgan fingerprint density at radius 3 is 2.70 bits per heavy atom. The normalized spacial score (nSPS) is 25.5. The summed E-state index contributed by atoms with van der Waals surface area (Å²) in [6, 6.07) is 1.41. The van der Waals surface area contributed by atoms with Crippen molar-refractivity contribution in [1.29, 1.82) is 0 Å². The number of nitrogens with zero attached hydrogens (tertiary/aromatic N) is 5. The van der Waals surface area contributed by atoms with Gasteiger partial charge in [-0.1, -0.05) is 32.4 Å². The fourth-order valence-corrected chi connectivity index (χ4v) is 5.40. The number of aromatic nitrogens is 2. The molecule has 2 aromatic rings. The molecule has 37 heavy (non-hydrogen) atoms. The van der Waals surface area contributed by atoms with Crippen molar-refractivity contribution in [2.45, 2.75) is 52.3 Å². The van der Waals surface area contributed by atoms with Gasteiger partial charge in [0.05, 0.1) is 21.6 Å². The number of ether oxygens (including phenoxy) is 2. The lowest BCUT2D eigenvalue weighted by atomic mass is 9.71. The maximum atomic E-state index is 15.4. The number of amides is 1. The molecule has 4 rings (SSSR count). The summed E-state index contributed by atoms with van der Waals surface area (Å²) >= 11 is 9.56. The lowest BCUT2D eigenvalue weighted by Crippen LogP contribution is -2.70. The molecule has 2 saturated heterocycles. The topological polar surface area (TPSA) is 91.3 Å². The third kappa shape index (κ3) is 5.32. The van der Waals surface area contributed by atoms with Gasteiger partial charge in [-0.05, 0) is 48.3 Å². The van der Waals surface area contributed by atoms with E-state index in [-0.39, 0.29) is 46.3 Å². The van der Waals surface area contributed by atoms with E-state index < -0.39 is 22.9 Å². The van der Waals surface area contributed by atoms with Crippen molar-refractivity contribution in [2.75, 3.05) is 51.3 Å². The van der Waals surface area contributed by atoms with Crippen LogP contribution in [0.3, 0.4) is 0 Å². The monoisotopic (exact) mass is 601 g/mol. The second kappa shape index (κ2) is 10.3. The summed E-state index contributed by atoms with van der Waals surface area (Å²) in [5, 5.41) is 10.6. The summed E-state index contributed by atoms with van der Waals surface area (Å²) in [7, 11) is 2.02. The van der Waals surface area contributed by atoms with E-state index in [9.17, 15) is 9.90 Å². The summed E-state index contributed by atoms with van der Waals surface area (Å²) in [4.78, 5) is 27.0. The standard InChI is InChI=1S/C25H34BrClFN5O4/c1-14-10-33(23(34)35)25(5,24(2,3)4)13-32(14)21-16-9-17(27)18(26)19(28)20(16)29-22(30-21)37-12-15-11-31(6)7-8-36-15/h9,14-15H,7-8,10-13H2,1-6H3,(H,34,35)/t14-,15?,25-/m0/s1. The number of hydrogen-bond donors (Lipinski definition) is 1. The Labute approximate surface area is 230 Å². The molecule has 0 saturated carbocycles. The third-order valence-electron chi connectivity index (χ3n) is 7.70. The fraction of sp³-hybridized carbons (Fsp3) is 0.640. The second-order valence-corrected chi connectivity index (χ2v) is 12.4. The van der Waals surface area contributed by atoms with Crippen LogP contribution in [0.15, 0.2) is 10.5 Å². The minimum atomic E-state index is -0.976. The molecule has 0 aliphatic carbocycles. The summed E-state index contributed by atoms with van der Waals surface area (Å²) < 4.78 is 27.3. The molecule has 1 aromatic carbocycles. The zero-order chi connectivity index (χ0) is 27.3. The van der Waals surface area contributed by atoms with Crippen LogP contribution in [0.1, 0.15) is 34.6 Å². The maximum Gasteiger partial charge on any atom is 0.407 e. The number of carbonyl (C=O) groups is 1. The average Bonchev–Trinajstić information content (AvgIpc) is 2.81. The summed E-state index contributed by atoms with van der Waals surface area (Å²) in [5.74, 6) is -0.164. The Balaban J connectivity index is 1.79. The number of benzene rings is 1. The van der Waals surface area contributed by atoms with Gasteiger partial charge < -0.3 is 24.4 Å². The van der Waals surface area contributed by atoms with Gasteiger partial charge in [-0.3, -0.25) is 4.90 Å². The summed E-state index contributed by atoms with van der Waals surface area (Å²) in [6.07, 6.45) is -1.14. The van der Waals surface area contributed by atoms with Gasteiger partial charge in [0.25, 0.3) is 0 Å². The Morgan fingerprint density at radius 1 is 1.38 bits per heavy atom. The Kier molecular flexibility index (Phi) is 7.82. The van der Waals surface area contributed by atoms with Crippen LogP contribution in [0, 0.1) is 11.2 Å². The number of anilines is 1. The summed E-state index contributed by atoms with van der Waals surface area (Å²) in [5.41, 5.74) is -1.09. The van der Waals surface area contributed by atoms with Gasteiger partial charge in [-0.15, -0.1) is 0 Å². The molecule has 1 N–H and O–H groups in total. The van der Waals surface area contributed by atoms with Crippen molar-refractivity contribution in [1.82, 2.24) is 19.8 Å². The molecular formula is C25H34BrClFN5O4. The van der Waals surface area contributed by atoms with Gasteiger partial charge in [-0.2, -0.15) is 9.97 Å².